The summed E-state index contributed by atoms with van der Waals surface area (Å²) in [5, 5.41) is 3.34. The molecule has 4 nitrogen and oxygen atoms in total. The second-order valence-corrected chi connectivity index (χ2v) is 4.54. The quantitative estimate of drug-likeness (QED) is 0.891. The lowest BCUT2D eigenvalue weighted by molar-refractivity contribution is 0.185. The molecule has 0 saturated carbocycles. The maximum Gasteiger partial charge on any atom is 0.0998 e. The summed E-state index contributed by atoms with van der Waals surface area (Å²) in [5.74, 6) is 0. The van der Waals surface area contributed by atoms with Crippen molar-refractivity contribution in [2.45, 2.75) is 19.6 Å². The summed E-state index contributed by atoms with van der Waals surface area (Å²) >= 11 is 0. The summed E-state index contributed by atoms with van der Waals surface area (Å²) in [5.41, 5.74) is 4.84. The standard InChI is InChI=1S/C14H17N3O/c1-18-9-11-3-2-4-12(7-11)17-10-16-13-8-15-6-5-14(13)17/h2-4,7,10,15H,5-6,8-9H2,1H3. The third-order valence-corrected chi connectivity index (χ3v) is 3.28. The first-order chi connectivity index (χ1) is 8.88. The molecule has 1 aliphatic heterocycles. The first-order valence-corrected chi connectivity index (χ1v) is 6.22. The van der Waals surface area contributed by atoms with E-state index in [-0.39, 0.29) is 0 Å². The van der Waals surface area contributed by atoms with E-state index < -0.39 is 0 Å². The predicted molar refractivity (Wildman–Crippen MR) is 69.7 cm³/mol. The molecule has 1 aromatic heterocycles. The van der Waals surface area contributed by atoms with Crippen LogP contribution in [0.1, 0.15) is 17.0 Å². The number of methoxy groups -OCH3 is 1. The first-order valence-electron chi connectivity index (χ1n) is 6.22. The molecule has 1 N–H and O–H groups in total. The van der Waals surface area contributed by atoms with Gasteiger partial charge in [0.25, 0.3) is 0 Å². The zero-order chi connectivity index (χ0) is 12.4. The predicted octanol–water partition coefficient (Wildman–Crippen LogP) is 1.66. The molecule has 0 saturated heterocycles. The molecular formula is C14H17N3O. The molecule has 2 heterocycles. The summed E-state index contributed by atoms with van der Waals surface area (Å²) < 4.78 is 7.37. The van der Waals surface area contributed by atoms with Crippen LogP contribution >= 0.6 is 0 Å². The maximum atomic E-state index is 5.18. The Balaban J connectivity index is 1.99. The Morgan fingerprint density at radius 2 is 2.39 bits per heavy atom. The molecule has 0 bridgehead atoms. The Labute approximate surface area is 107 Å². The largest absolute Gasteiger partial charge is 0.380 e. The smallest absolute Gasteiger partial charge is 0.0998 e. The van der Waals surface area contributed by atoms with Crippen LogP contribution in [0.25, 0.3) is 5.69 Å². The monoisotopic (exact) mass is 243 g/mol. The van der Waals surface area contributed by atoms with Gasteiger partial charge in [0.05, 0.1) is 18.6 Å². The zero-order valence-electron chi connectivity index (χ0n) is 10.5. The molecule has 1 aromatic carbocycles. The highest BCUT2D eigenvalue weighted by Crippen LogP contribution is 2.19. The van der Waals surface area contributed by atoms with Crippen molar-refractivity contribution in [3.8, 4) is 5.69 Å². The van der Waals surface area contributed by atoms with Crippen LogP contribution in [-0.2, 0) is 24.3 Å². The van der Waals surface area contributed by atoms with E-state index in [1.165, 1.54) is 22.6 Å². The van der Waals surface area contributed by atoms with Crippen LogP contribution in [0.4, 0.5) is 0 Å². The van der Waals surface area contributed by atoms with Gasteiger partial charge >= 0.3 is 0 Å². The van der Waals surface area contributed by atoms with Crippen molar-refractivity contribution in [3.63, 3.8) is 0 Å². The Morgan fingerprint density at radius 1 is 1.44 bits per heavy atom. The van der Waals surface area contributed by atoms with Crippen molar-refractivity contribution < 1.29 is 4.74 Å². The van der Waals surface area contributed by atoms with E-state index >= 15 is 0 Å². The van der Waals surface area contributed by atoms with Gasteiger partial charge in [-0.2, -0.15) is 0 Å². The third-order valence-electron chi connectivity index (χ3n) is 3.28. The molecule has 0 radical (unpaired) electrons. The SMILES string of the molecule is COCc1cccc(-n2cnc3c2CCNC3)c1. The summed E-state index contributed by atoms with van der Waals surface area (Å²) in [6.45, 7) is 2.54. The number of ether oxygens (including phenoxy) is 1. The Morgan fingerprint density at radius 3 is 3.28 bits per heavy atom. The fraction of sp³-hybridized carbons (Fsp3) is 0.357. The second kappa shape index (κ2) is 4.92. The number of imidazole rings is 1. The number of nitrogens with one attached hydrogen (secondary N) is 1. The molecule has 1 aliphatic rings. The van der Waals surface area contributed by atoms with Crippen molar-refractivity contribution in [3.05, 3.63) is 47.5 Å². The molecule has 0 aliphatic carbocycles. The molecule has 3 rings (SSSR count). The molecule has 18 heavy (non-hydrogen) atoms. The van der Waals surface area contributed by atoms with Gasteiger partial charge in [0.2, 0.25) is 0 Å². The van der Waals surface area contributed by atoms with Crippen molar-refractivity contribution in [2.24, 2.45) is 0 Å². The van der Waals surface area contributed by atoms with Crippen molar-refractivity contribution in [1.82, 2.24) is 14.9 Å². The number of hydrogen-bond donors (Lipinski definition) is 1. The highest BCUT2D eigenvalue weighted by atomic mass is 16.5. The molecule has 2 aromatic rings. The maximum absolute atomic E-state index is 5.18. The van der Waals surface area contributed by atoms with Gasteiger partial charge in [0.15, 0.2) is 0 Å². The zero-order valence-corrected chi connectivity index (χ0v) is 10.5. The number of aromatic nitrogens is 2. The molecule has 0 spiro atoms. The minimum Gasteiger partial charge on any atom is -0.380 e. The lowest BCUT2D eigenvalue weighted by atomic mass is 10.1. The number of hydrogen-bond acceptors (Lipinski definition) is 3. The second-order valence-electron chi connectivity index (χ2n) is 4.54. The van der Waals surface area contributed by atoms with Gasteiger partial charge in [0.1, 0.15) is 0 Å². The first kappa shape index (κ1) is 11.4. The minimum atomic E-state index is 0.645. The highest BCUT2D eigenvalue weighted by Gasteiger charge is 2.15. The van der Waals surface area contributed by atoms with Crippen LogP contribution in [0.2, 0.25) is 0 Å². The average molecular weight is 243 g/mol. The van der Waals surface area contributed by atoms with Crippen molar-refractivity contribution in [1.29, 1.82) is 0 Å². The summed E-state index contributed by atoms with van der Waals surface area (Å²) in [4.78, 5) is 4.48. The van der Waals surface area contributed by atoms with E-state index in [4.69, 9.17) is 4.74 Å². The lowest BCUT2D eigenvalue weighted by Gasteiger charge is -2.15. The lowest BCUT2D eigenvalue weighted by Crippen LogP contribution is -2.24. The fourth-order valence-corrected chi connectivity index (χ4v) is 2.42. The average Bonchev–Trinajstić information content (AvgIpc) is 2.83. The molecule has 0 fully saturated rings. The fourth-order valence-electron chi connectivity index (χ4n) is 2.42. The van der Waals surface area contributed by atoms with Crippen LogP contribution < -0.4 is 5.32 Å². The molecule has 0 unspecified atom stereocenters. The summed E-state index contributed by atoms with van der Waals surface area (Å²) in [6.07, 6.45) is 2.95. The molecule has 94 valence electrons. The molecule has 4 heteroatoms. The van der Waals surface area contributed by atoms with Crippen LogP contribution in [0, 0.1) is 0 Å². The Bertz CT molecular complexity index is 548. The normalized spacial score (nSPS) is 14.5. The van der Waals surface area contributed by atoms with Crippen LogP contribution in [0.5, 0.6) is 0 Å². The van der Waals surface area contributed by atoms with Crippen LogP contribution in [0.15, 0.2) is 30.6 Å². The third kappa shape index (κ3) is 2.05. The molecule has 0 amide bonds. The van der Waals surface area contributed by atoms with E-state index in [1.807, 2.05) is 6.33 Å². The minimum absolute atomic E-state index is 0.645. The van der Waals surface area contributed by atoms with Gasteiger partial charge in [0, 0.05) is 38.0 Å². The summed E-state index contributed by atoms with van der Waals surface area (Å²) in [6, 6.07) is 8.42. The number of benzene rings is 1. The van der Waals surface area contributed by atoms with Gasteiger partial charge in [-0.1, -0.05) is 12.1 Å². The Kier molecular flexibility index (Phi) is 3.13. The van der Waals surface area contributed by atoms with Gasteiger partial charge in [-0.15, -0.1) is 0 Å². The van der Waals surface area contributed by atoms with E-state index in [0.717, 1.165) is 19.5 Å². The van der Waals surface area contributed by atoms with E-state index in [1.54, 1.807) is 7.11 Å². The Hall–Kier alpha value is -1.65. The number of rotatable bonds is 3. The molecular weight excluding hydrogens is 226 g/mol. The van der Waals surface area contributed by atoms with Gasteiger partial charge < -0.3 is 14.6 Å². The van der Waals surface area contributed by atoms with Gasteiger partial charge in [-0.3, -0.25) is 0 Å². The van der Waals surface area contributed by atoms with Crippen molar-refractivity contribution in [2.75, 3.05) is 13.7 Å². The van der Waals surface area contributed by atoms with Crippen LogP contribution in [0.3, 0.4) is 0 Å². The van der Waals surface area contributed by atoms with Gasteiger partial charge in [-0.25, -0.2) is 4.98 Å². The molecule has 0 atom stereocenters. The number of fused-ring (bicyclic) bond motifs is 1. The summed E-state index contributed by atoms with van der Waals surface area (Å²) in [7, 11) is 1.72. The van der Waals surface area contributed by atoms with E-state index in [0.29, 0.717) is 6.61 Å². The van der Waals surface area contributed by atoms with Crippen molar-refractivity contribution >= 4 is 0 Å². The van der Waals surface area contributed by atoms with Crippen LogP contribution in [-0.4, -0.2) is 23.2 Å². The van der Waals surface area contributed by atoms with Gasteiger partial charge in [-0.05, 0) is 17.7 Å². The van der Waals surface area contributed by atoms with E-state index in [9.17, 15) is 0 Å². The van der Waals surface area contributed by atoms with E-state index in [2.05, 4.69) is 39.1 Å². The highest BCUT2D eigenvalue weighted by molar-refractivity contribution is 5.39. The number of nitrogens with zero attached hydrogens (tertiary/aromatic N) is 2. The topological polar surface area (TPSA) is 39.1 Å².